The van der Waals surface area contributed by atoms with Gasteiger partial charge in [0.2, 0.25) is 0 Å². The molecule has 1 aromatic carbocycles. The number of esters is 1. The molecule has 0 radical (unpaired) electrons. The summed E-state index contributed by atoms with van der Waals surface area (Å²) >= 11 is 0. The number of carbonyl (C=O) groups excluding carboxylic acids is 2. The van der Waals surface area contributed by atoms with E-state index in [1.165, 1.54) is 25.1 Å². The molecule has 17 heavy (non-hydrogen) atoms. The van der Waals surface area contributed by atoms with E-state index in [2.05, 4.69) is 0 Å². The molecular formula is C11H10O6. The smallest absolute Gasteiger partial charge is 0.341 e. The molecule has 90 valence electrons. The van der Waals surface area contributed by atoms with Crippen LogP contribution in [0.5, 0.6) is 11.5 Å². The highest BCUT2D eigenvalue weighted by Gasteiger charge is 2.10. The van der Waals surface area contributed by atoms with Crippen molar-refractivity contribution in [3.63, 3.8) is 0 Å². The summed E-state index contributed by atoms with van der Waals surface area (Å²) in [5, 5.41) is 8.46. The van der Waals surface area contributed by atoms with Gasteiger partial charge in [0.25, 0.3) is 0 Å². The third-order valence-electron chi connectivity index (χ3n) is 1.71. The molecule has 0 bridgehead atoms. The molecule has 0 amide bonds. The molecule has 0 saturated carbocycles. The average Bonchev–Trinajstić information content (AvgIpc) is 2.26. The van der Waals surface area contributed by atoms with Crippen molar-refractivity contribution in [3.05, 3.63) is 23.8 Å². The Morgan fingerprint density at radius 2 is 2.06 bits per heavy atom. The van der Waals surface area contributed by atoms with Gasteiger partial charge in [-0.25, -0.2) is 4.79 Å². The van der Waals surface area contributed by atoms with Gasteiger partial charge < -0.3 is 14.6 Å². The Labute approximate surface area is 96.8 Å². The summed E-state index contributed by atoms with van der Waals surface area (Å²) in [5.41, 5.74) is 0.295. The summed E-state index contributed by atoms with van der Waals surface area (Å²) in [6, 6.07) is 4.09. The second kappa shape index (κ2) is 5.64. The van der Waals surface area contributed by atoms with Crippen LogP contribution in [0.2, 0.25) is 0 Å². The summed E-state index contributed by atoms with van der Waals surface area (Å²) in [5.74, 6) is -1.64. The lowest BCUT2D eigenvalue weighted by atomic mass is 10.2. The molecule has 0 atom stereocenters. The van der Waals surface area contributed by atoms with Gasteiger partial charge in [0.1, 0.15) is 6.29 Å². The van der Waals surface area contributed by atoms with E-state index in [9.17, 15) is 14.4 Å². The Morgan fingerprint density at radius 3 is 2.59 bits per heavy atom. The monoisotopic (exact) mass is 238 g/mol. The molecule has 6 nitrogen and oxygen atoms in total. The Morgan fingerprint density at radius 1 is 1.35 bits per heavy atom. The third-order valence-corrected chi connectivity index (χ3v) is 1.71. The number of carboxylic acids is 1. The van der Waals surface area contributed by atoms with Gasteiger partial charge >= 0.3 is 11.9 Å². The SMILES string of the molecule is CC(=O)Oc1cc(C=O)ccc1OCC(=O)O. The highest BCUT2D eigenvalue weighted by molar-refractivity contribution is 5.78. The van der Waals surface area contributed by atoms with Crippen molar-refractivity contribution in [1.82, 2.24) is 0 Å². The van der Waals surface area contributed by atoms with Crippen molar-refractivity contribution in [3.8, 4) is 11.5 Å². The van der Waals surface area contributed by atoms with Gasteiger partial charge in [-0.05, 0) is 18.2 Å². The molecule has 0 saturated heterocycles. The van der Waals surface area contributed by atoms with E-state index in [0.29, 0.717) is 11.8 Å². The Kier molecular flexibility index (Phi) is 4.21. The fourth-order valence-corrected chi connectivity index (χ4v) is 1.09. The quantitative estimate of drug-likeness (QED) is 0.465. The lowest BCUT2D eigenvalue weighted by molar-refractivity contribution is -0.139. The minimum atomic E-state index is -1.15. The van der Waals surface area contributed by atoms with Gasteiger partial charge in [-0.3, -0.25) is 9.59 Å². The molecule has 1 rings (SSSR count). The average molecular weight is 238 g/mol. The van der Waals surface area contributed by atoms with E-state index in [1.54, 1.807) is 0 Å². The lowest BCUT2D eigenvalue weighted by Crippen LogP contribution is -2.11. The molecule has 0 unspecified atom stereocenters. The minimum absolute atomic E-state index is 0.0170. The molecule has 0 heterocycles. The van der Waals surface area contributed by atoms with Crippen molar-refractivity contribution in [2.75, 3.05) is 6.61 Å². The van der Waals surface area contributed by atoms with E-state index in [-0.39, 0.29) is 11.5 Å². The molecule has 1 aromatic rings. The maximum atomic E-state index is 10.8. The fourth-order valence-electron chi connectivity index (χ4n) is 1.09. The van der Waals surface area contributed by atoms with Crippen LogP contribution in [0, 0.1) is 0 Å². The van der Waals surface area contributed by atoms with E-state index in [4.69, 9.17) is 14.6 Å². The van der Waals surface area contributed by atoms with Crippen LogP contribution in [0.1, 0.15) is 17.3 Å². The van der Waals surface area contributed by atoms with Gasteiger partial charge in [-0.2, -0.15) is 0 Å². The molecule has 6 heteroatoms. The predicted octanol–water partition coefficient (Wildman–Crippen LogP) is 0.888. The van der Waals surface area contributed by atoms with Gasteiger partial charge in [0, 0.05) is 12.5 Å². The highest BCUT2D eigenvalue weighted by atomic mass is 16.6. The zero-order valence-electron chi connectivity index (χ0n) is 9.00. The van der Waals surface area contributed by atoms with Crippen LogP contribution < -0.4 is 9.47 Å². The zero-order chi connectivity index (χ0) is 12.8. The van der Waals surface area contributed by atoms with Crippen molar-refractivity contribution < 1.29 is 29.0 Å². The third kappa shape index (κ3) is 3.94. The summed E-state index contributed by atoms with van der Waals surface area (Å²) in [7, 11) is 0. The second-order valence-corrected chi connectivity index (χ2v) is 3.10. The van der Waals surface area contributed by atoms with Crippen molar-refractivity contribution >= 4 is 18.2 Å². The second-order valence-electron chi connectivity index (χ2n) is 3.10. The topological polar surface area (TPSA) is 89.9 Å². The summed E-state index contributed by atoms with van der Waals surface area (Å²) < 4.78 is 9.71. The first-order chi connectivity index (χ1) is 8.02. The van der Waals surface area contributed by atoms with Crippen molar-refractivity contribution in [2.24, 2.45) is 0 Å². The first-order valence-corrected chi connectivity index (χ1v) is 4.65. The number of carbonyl (C=O) groups is 3. The van der Waals surface area contributed by atoms with E-state index >= 15 is 0 Å². The van der Waals surface area contributed by atoms with Crippen LogP contribution >= 0.6 is 0 Å². The first-order valence-electron chi connectivity index (χ1n) is 4.65. The number of rotatable bonds is 5. The van der Waals surface area contributed by atoms with Crippen LogP contribution in [0.4, 0.5) is 0 Å². The van der Waals surface area contributed by atoms with Gasteiger partial charge in [0.05, 0.1) is 0 Å². The van der Waals surface area contributed by atoms with Gasteiger partial charge in [0.15, 0.2) is 18.1 Å². The number of hydrogen-bond donors (Lipinski definition) is 1. The Balaban J connectivity index is 2.96. The van der Waals surface area contributed by atoms with E-state index in [0.717, 1.165) is 0 Å². The van der Waals surface area contributed by atoms with Crippen LogP contribution in [0.15, 0.2) is 18.2 Å². The van der Waals surface area contributed by atoms with Crippen LogP contribution in [0.25, 0.3) is 0 Å². The summed E-state index contributed by atoms with van der Waals surface area (Å²) in [4.78, 5) is 31.7. The number of hydrogen-bond acceptors (Lipinski definition) is 5. The predicted molar refractivity (Wildman–Crippen MR) is 56.3 cm³/mol. The largest absolute Gasteiger partial charge is 0.479 e. The Hall–Kier alpha value is -2.37. The molecule has 0 fully saturated rings. The summed E-state index contributed by atoms with van der Waals surface area (Å²) in [6.45, 7) is 0.628. The Bertz CT molecular complexity index is 451. The van der Waals surface area contributed by atoms with Crippen molar-refractivity contribution in [1.29, 1.82) is 0 Å². The fraction of sp³-hybridized carbons (Fsp3) is 0.182. The highest BCUT2D eigenvalue weighted by Crippen LogP contribution is 2.28. The number of carboxylic acid groups (broad SMARTS) is 1. The molecule has 0 spiro atoms. The van der Waals surface area contributed by atoms with Crippen LogP contribution in [-0.4, -0.2) is 29.9 Å². The minimum Gasteiger partial charge on any atom is -0.479 e. The van der Waals surface area contributed by atoms with Gasteiger partial charge in [-0.15, -0.1) is 0 Å². The molecule has 0 aliphatic carbocycles. The normalized spacial score (nSPS) is 9.47. The van der Waals surface area contributed by atoms with Crippen LogP contribution in [0.3, 0.4) is 0 Å². The lowest BCUT2D eigenvalue weighted by Gasteiger charge is -2.09. The van der Waals surface area contributed by atoms with E-state index < -0.39 is 18.5 Å². The molecule has 0 aliphatic rings. The molecule has 0 aromatic heterocycles. The van der Waals surface area contributed by atoms with E-state index in [1.807, 2.05) is 0 Å². The zero-order valence-corrected chi connectivity index (χ0v) is 9.00. The number of ether oxygens (including phenoxy) is 2. The summed E-state index contributed by atoms with van der Waals surface area (Å²) in [6.07, 6.45) is 0.577. The number of aldehydes is 1. The maximum Gasteiger partial charge on any atom is 0.341 e. The maximum absolute atomic E-state index is 10.8. The number of aliphatic carboxylic acids is 1. The molecule has 1 N–H and O–H groups in total. The molecular weight excluding hydrogens is 228 g/mol. The van der Waals surface area contributed by atoms with Crippen molar-refractivity contribution in [2.45, 2.75) is 6.92 Å². The standard InChI is InChI=1S/C11H10O6/c1-7(13)17-10-4-8(5-12)2-3-9(10)16-6-11(14)15/h2-5H,6H2,1H3,(H,14,15). The van der Waals surface area contributed by atoms with Gasteiger partial charge in [-0.1, -0.05) is 0 Å². The van der Waals surface area contributed by atoms with Crippen LogP contribution in [-0.2, 0) is 9.59 Å². The molecule has 0 aliphatic heterocycles. The number of benzene rings is 1. The first kappa shape index (κ1) is 12.7.